The van der Waals surface area contributed by atoms with E-state index in [1.54, 1.807) is 18.7 Å². The largest absolute Gasteiger partial charge is 0.354 e. The maximum atomic E-state index is 12.7. The Morgan fingerprint density at radius 3 is 2.67 bits per heavy atom. The number of hydrogen-bond acceptors (Lipinski definition) is 5. The van der Waals surface area contributed by atoms with Gasteiger partial charge in [-0.25, -0.2) is 9.97 Å². The van der Waals surface area contributed by atoms with Gasteiger partial charge in [0.25, 0.3) is 5.91 Å². The molecule has 0 unspecified atom stereocenters. The molecule has 0 bridgehead atoms. The van der Waals surface area contributed by atoms with Gasteiger partial charge in [-0.15, -0.1) is 0 Å². The smallest absolute Gasteiger partial charge is 0.255 e. The fourth-order valence-electron chi connectivity index (χ4n) is 3.03. The minimum atomic E-state index is 0.0589. The average molecular weight is 325 g/mol. The van der Waals surface area contributed by atoms with E-state index >= 15 is 0 Å². The first-order valence-corrected chi connectivity index (χ1v) is 8.30. The number of carbonyl (C=O) groups excluding carboxylic acids is 1. The third kappa shape index (κ3) is 3.37. The van der Waals surface area contributed by atoms with E-state index in [4.69, 9.17) is 0 Å². The molecular weight excluding hydrogens is 302 g/mol. The predicted molar refractivity (Wildman–Crippen MR) is 93.2 cm³/mol. The minimum Gasteiger partial charge on any atom is -0.354 e. The number of aromatic nitrogens is 3. The van der Waals surface area contributed by atoms with Crippen molar-refractivity contribution in [2.75, 3.05) is 31.1 Å². The molecule has 2 aromatic heterocycles. The molecule has 6 nitrogen and oxygen atoms in total. The number of pyridine rings is 1. The number of aryl methyl sites for hydroxylation is 2. The summed E-state index contributed by atoms with van der Waals surface area (Å²) < 4.78 is 0. The van der Waals surface area contributed by atoms with E-state index in [-0.39, 0.29) is 5.91 Å². The van der Waals surface area contributed by atoms with E-state index in [2.05, 4.69) is 26.8 Å². The lowest BCUT2D eigenvalue weighted by atomic mass is 10.2. The summed E-state index contributed by atoms with van der Waals surface area (Å²) in [6.07, 6.45) is 5.95. The second-order valence-electron chi connectivity index (χ2n) is 6.29. The van der Waals surface area contributed by atoms with E-state index in [9.17, 15) is 4.79 Å². The molecule has 0 atom stereocenters. The Kier molecular flexibility index (Phi) is 4.74. The van der Waals surface area contributed by atoms with Crippen LogP contribution in [-0.2, 0) is 0 Å². The highest BCUT2D eigenvalue weighted by molar-refractivity contribution is 5.94. The molecule has 24 heavy (non-hydrogen) atoms. The number of hydrogen-bond donors (Lipinski definition) is 0. The molecule has 3 rings (SSSR count). The van der Waals surface area contributed by atoms with Crippen molar-refractivity contribution >= 4 is 11.7 Å². The van der Waals surface area contributed by atoms with Gasteiger partial charge in [0.1, 0.15) is 12.1 Å². The van der Waals surface area contributed by atoms with Gasteiger partial charge in [-0.05, 0) is 38.8 Å². The van der Waals surface area contributed by atoms with Gasteiger partial charge < -0.3 is 9.80 Å². The summed E-state index contributed by atoms with van der Waals surface area (Å²) in [7, 11) is 0. The Morgan fingerprint density at radius 1 is 1.04 bits per heavy atom. The second-order valence-corrected chi connectivity index (χ2v) is 6.29. The molecule has 0 aliphatic carbocycles. The maximum Gasteiger partial charge on any atom is 0.255 e. The molecule has 0 spiro atoms. The van der Waals surface area contributed by atoms with Gasteiger partial charge >= 0.3 is 0 Å². The van der Waals surface area contributed by atoms with E-state index < -0.39 is 0 Å². The second kappa shape index (κ2) is 6.95. The van der Waals surface area contributed by atoms with Crippen LogP contribution in [0, 0.1) is 20.8 Å². The summed E-state index contributed by atoms with van der Waals surface area (Å²) >= 11 is 0. The van der Waals surface area contributed by atoms with Crippen LogP contribution in [0.1, 0.15) is 33.6 Å². The fraction of sp³-hybridized carbons (Fsp3) is 0.444. The van der Waals surface area contributed by atoms with Crippen LogP contribution in [-0.4, -0.2) is 51.9 Å². The van der Waals surface area contributed by atoms with Crippen LogP contribution in [0.3, 0.4) is 0 Å². The Hall–Kier alpha value is -2.50. The molecule has 3 heterocycles. The van der Waals surface area contributed by atoms with Crippen molar-refractivity contribution < 1.29 is 4.79 Å². The number of rotatable bonds is 2. The third-order valence-corrected chi connectivity index (χ3v) is 4.51. The topological polar surface area (TPSA) is 62.2 Å². The molecule has 2 aromatic rings. The fourth-order valence-corrected chi connectivity index (χ4v) is 3.03. The Balaban J connectivity index is 1.73. The van der Waals surface area contributed by atoms with Gasteiger partial charge in [0.2, 0.25) is 0 Å². The summed E-state index contributed by atoms with van der Waals surface area (Å²) in [5.41, 5.74) is 3.78. The van der Waals surface area contributed by atoms with E-state index in [1.807, 2.05) is 24.8 Å². The van der Waals surface area contributed by atoms with Gasteiger partial charge in [0.05, 0.1) is 5.56 Å². The van der Waals surface area contributed by atoms with Gasteiger partial charge in [-0.1, -0.05) is 0 Å². The van der Waals surface area contributed by atoms with Crippen molar-refractivity contribution in [3.05, 3.63) is 47.2 Å². The Labute approximate surface area is 142 Å². The van der Waals surface area contributed by atoms with Crippen molar-refractivity contribution in [2.45, 2.75) is 27.2 Å². The molecule has 1 fully saturated rings. The standard InChI is InChI=1S/C18H23N5O/c1-13-9-16(11-19-10-13)18(24)23-6-4-5-22(7-8-23)17-14(2)15(3)20-12-21-17/h9-12H,4-8H2,1-3H3. The SMILES string of the molecule is Cc1cncc(C(=O)N2CCCN(c3ncnc(C)c3C)CC2)c1. The van der Waals surface area contributed by atoms with Crippen molar-refractivity contribution in [1.29, 1.82) is 0 Å². The summed E-state index contributed by atoms with van der Waals surface area (Å²) in [6.45, 7) is 9.13. The molecule has 6 heteroatoms. The quantitative estimate of drug-likeness (QED) is 0.846. The molecule has 126 valence electrons. The minimum absolute atomic E-state index is 0.0589. The van der Waals surface area contributed by atoms with E-state index in [0.717, 1.165) is 48.7 Å². The Morgan fingerprint density at radius 2 is 1.88 bits per heavy atom. The maximum absolute atomic E-state index is 12.7. The van der Waals surface area contributed by atoms with Gasteiger partial charge in [0.15, 0.2) is 0 Å². The van der Waals surface area contributed by atoms with Crippen molar-refractivity contribution in [2.24, 2.45) is 0 Å². The van der Waals surface area contributed by atoms with Crippen LogP contribution in [0.5, 0.6) is 0 Å². The first kappa shape index (κ1) is 16.4. The summed E-state index contributed by atoms with van der Waals surface area (Å²) in [4.78, 5) is 29.7. The molecule has 1 aliphatic rings. The number of amides is 1. The molecule has 1 amide bonds. The van der Waals surface area contributed by atoms with Crippen LogP contribution in [0.25, 0.3) is 0 Å². The predicted octanol–water partition coefficient (Wildman–Crippen LogP) is 2.15. The molecule has 0 radical (unpaired) electrons. The van der Waals surface area contributed by atoms with Crippen LogP contribution in [0.4, 0.5) is 5.82 Å². The summed E-state index contributed by atoms with van der Waals surface area (Å²) in [5.74, 6) is 1.04. The zero-order valence-electron chi connectivity index (χ0n) is 14.5. The van der Waals surface area contributed by atoms with Gasteiger partial charge in [0, 0.05) is 49.8 Å². The van der Waals surface area contributed by atoms with Crippen molar-refractivity contribution in [3.8, 4) is 0 Å². The van der Waals surface area contributed by atoms with Crippen LogP contribution in [0.2, 0.25) is 0 Å². The molecule has 0 N–H and O–H groups in total. The van der Waals surface area contributed by atoms with E-state index in [0.29, 0.717) is 12.1 Å². The lowest BCUT2D eigenvalue weighted by Crippen LogP contribution is -2.35. The highest BCUT2D eigenvalue weighted by Crippen LogP contribution is 2.20. The summed E-state index contributed by atoms with van der Waals surface area (Å²) in [5, 5.41) is 0. The van der Waals surface area contributed by atoms with Crippen molar-refractivity contribution in [3.63, 3.8) is 0 Å². The molecular formula is C18H23N5O. The van der Waals surface area contributed by atoms with Crippen molar-refractivity contribution in [1.82, 2.24) is 19.9 Å². The first-order valence-electron chi connectivity index (χ1n) is 8.30. The highest BCUT2D eigenvalue weighted by atomic mass is 16.2. The van der Waals surface area contributed by atoms with Crippen LogP contribution >= 0.6 is 0 Å². The summed E-state index contributed by atoms with van der Waals surface area (Å²) in [6, 6.07) is 1.90. The molecule has 0 aromatic carbocycles. The van der Waals surface area contributed by atoms with Crippen LogP contribution in [0.15, 0.2) is 24.8 Å². The zero-order chi connectivity index (χ0) is 17.1. The molecule has 1 aliphatic heterocycles. The van der Waals surface area contributed by atoms with E-state index in [1.165, 1.54) is 0 Å². The molecule has 0 saturated carbocycles. The lowest BCUT2D eigenvalue weighted by molar-refractivity contribution is 0.0766. The molecule has 1 saturated heterocycles. The van der Waals surface area contributed by atoms with Gasteiger partial charge in [-0.3, -0.25) is 9.78 Å². The normalized spacial score (nSPS) is 15.3. The first-order chi connectivity index (χ1) is 11.6. The average Bonchev–Trinajstić information content (AvgIpc) is 2.83. The zero-order valence-corrected chi connectivity index (χ0v) is 14.5. The third-order valence-electron chi connectivity index (χ3n) is 4.51. The lowest BCUT2D eigenvalue weighted by Gasteiger charge is -2.24. The monoisotopic (exact) mass is 325 g/mol. The number of anilines is 1. The number of carbonyl (C=O) groups is 1. The Bertz CT molecular complexity index is 746. The van der Waals surface area contributed by atoms with Crippen LogP contribution < -0.4 is 4.90 Å². The highest BCUT2D eigenvalue weighted by Gasteiger charge is 2.22. The van der Waals surface area contributed by atoms with Gasteiger partial charge in [-0.2, -0.15) is 0 Å². The number of nitrogens with zero attached hydrogens (tertiary/aromatic N) is 5.